The largest absolute Gasteiger partial charge is 0.454 e. The molecule has 4 heterocycles. The molecule has 4 aliphatic rings. The van der Waals surface area contributed by atoms with Crippen molar-refractivity contribution in [1.29, 1.82) is 0 Å². The Morgan fingerprint density at radius 2 is 0.754 bits per heavy atom. The molecule has 0 saturated heterocycles. The predicted octanol–water partition coefficient (Wildman–Crippen LogP) is 13.2. The van der Waals surface area contributed by atoms with Gasteiger partial charge in [0.1, 0.15) is 22.9 Å². The first kappa shape index (κ1) is 34.2. The minimum absolute atomic E-state index is 0.209. The lowest BCUT2D eigenvalue weighted by atomic mass is 9.33. The first-order valence-electron chi connectivity index (χ1n) is 20.9. The Morgan fingerprint density at radius 3 is 1.20 bits per heavy atom. The summed E-state index contributed by atoms with van der Waals surface area (Å²) in [4.78, 5) is 4.64. The van der Waals surface area contributed by atoms with Gasteiger partial charge in [-0.25, -0.2) is 0 Å². The Balaban J connectivity index is 1.17. The monoisotopic (exact) mass is 788 g/mol. The van der Waals surface area contributed by atoms with Crippen LogP contribution in [-0.4, -0.2) is 6.71 Å². The van der Waals surface area contributed by atoms with Crippen molar-refractivity contribution in [3.8, 4) is 46.0 Å². The van der Waals surface area contributed by atoms with E-state index in [1.165, 1.54) is 0 Å². The fraction of sp³-hybridized carbons (Fsp3) is 0.0741. The standard InChI is InChI=1S/C54H37BN2O4/c1-54(2,3)32-30-43-47-44(31-32)61-51-46(36-23-11-13-25-38(36)49-53(51)59-42-29-17-15-27-40(42)57(49)34-20-8-5-9-21-34)55(47)45-35-22-10-12-24-37(35)48-52(50(45)60-43)58-41-28-16-14-26-39(41)56(48)33-18-6-4-7-19-33/h4-31H,1-3H3. The summed E-state index contributed by atoms with van der Waals surface area (Å²) in [5.41, 5.74) is 9.84. The zero-order valence-corrected chi connectivity index (χ0v) is 33.8. The van der Waals surface area contributed by atoms with E-state index in [0.29, 0.717) is 23.0 Å². The third-order valence-electron chi connectivity index (χ3n) is 12.6. The Labute approximate surface area is 353 Å². The van der Waals surface area contributed by atoms with Crippen molar-refractivity contribution >= 4 is 78.8 Å². The van der Waals surface area contributed by atoms with E-state index in [1.54, 1.807) is 0 Å². The van der Waals surface area contributed by atoms with Crippen LogP contribution in [0.1, 0.15) is 26.3 Å². The number of fused-ring (bicyclic) bond motifs is 16. The Kier molecular flexibility index (Phi) is 6.99. The summed E-state index contributed by atoms with van der Waals surface area (Å²) >= 11 is 0. The summed E-state index contributed by atoms with van der Waals surface area (Å²) in [5.74, 6) is 5.80. The summed E-state index contributed by atoms with van der Waals surface area (Å²) in [6, 6.07) is 59.4. The molecule has 290 valence electrons. The van der Waals surface area contributed by atoms with Crippen LogP contribution in [0.4, 0.5) is 34.1 Å². The van der Waals surface area contributed by atoms with Crippen molar-refractivity contribution in [1.82, 2.24) is 0 Å². The highest BCUT2D eigenvalue weighted by atomic mass is 16.5. The normalized spacial score (nSPS) is 13.9. The van der Waals surface area contributed by atoms with Crippen LogP contribution in [0.3, 0.4) is 0 Å². The summed E-state index contributed by atoms with van der Waals surface area (Å²) in [7, 11) is 0. The molecule has 0 radical (unpaired) electrons. The van der Waals surface area contributed by atoms with Gasteiger partial charge in [-0.15, -0.1) is 0 Å². The molecule has 6 nitrogen and oxygen atoms in total. The SMILES string of the molecule is CC(C)(C)c1cc2c3c(c1)Oc1c4c(c5ccccc5c1B3c1c(c3c(c5ccccc15)N(c1ccccc1)c1ccccc1O3)O2)N(c1ccccc1)c1ccccc1O4. The maximum Gasteiger partial charge on any atom is 0.262 e. The quantitative estimate of drug-likeness (QED) is 0.163. The first-order chi connectivity index (χ1) is 29.9. The molecule has 0 fully saturated rings. The molecule has 0 N–H and O–H groups in total. The molecular weight excluding hydrogens is 751 g/mol. The minimum atomic E-state index is -0.311. The van der Waals surface area contributed by atoms with Crippen LogP contribution < -0.4 is 45.1 Å². The van der Waals surface area contributed by atoms with Crippen LogP contribution in [0.5, 0.6) is 46.0 Å². The number of hydrogen-bond acceptors (Lipinski definition) is 6. The molecule has 13 rings (SSSR count). The third-order valence-corrected chi connectivity index (χ3v) is 12.6. The second-order valence-electron chi connectivity index (χ2n) is 17.2. The van der Waals surface area contributed by atoms with Gasteiger partial charge in [-0.1, -0.05) is 130 Å². The lowest BCUT2D eigenvalue weighted by Crippen LogP contribution is -2.58. The van der Waals surface area contributed by atoms with Crippen molar-refractivity contribution in [3.63, 3.8) is 0 Å². The van der Waals surface area contributed by atoms with Crippen LogP contribution in [0.2, 0.25) is 0 Å². The summed E-state index contributed by atoms with van der Waals surface area (Å²) in [5, 5.41) is 4.28. The van der Waals surface area contributed by atoms with Crippen LogP contribution in [0.25, 0.3) is 21.5 Å². The molecule has 9 aromatic carbocycles. The van der Waals surface area contributed by atoms with Gasteiger partial charge in [-0.05, 0) is 93.3 Å². The van der Waals surface area contributed by atoms with Crippen LogP contribution >= 0.6 is 0 Å². The van der Waals surface area contributed by atoms with Gasteiger partial charge in [0.05, 0.1) is 11.4 Å². The van der Waals surface area contributed by atoms with Crippen LogP contribution in [0, 0.1) is 0 Å². The van der Waals surface area contributed by atoms with Crippen molar-refractivity contribution in [2.45, 2.75) is 26.2 Å². The van der Waals surface area contributed by atoms with E-state index in [0.717, 1.165) is 101 Å². The Bertz CT molecular complexity index is 3110. The van der Waals surface area contributed by atoms with Gasteiger partial charge in [0.25, 0.3) is 6.71 Å². The van der Waals surface area contributed by atoms with Gasteiger partial charge >= 0.3 is 0 Å². The number of hydrogen-bond donors (Lipinski definition) is 0. The van der Waals surface area contributed by atoms with Crippen molar-refractivity contribution < 1.29 is 18.9 Å². The molecule has 0 bridgehead atoms. The van der Waals surface area contributed by atoms with E-state index < -0.39 is 0 Å². The van der Waals surface area contributed by atoms with E-state index in [4.69, 9.17) is 18.9 Å². The molecule has 0 unspecified atom stereocenters. The number of ether oxygens (including phenoxy) is 4. The highest BCUT2D eigenvalue weighted by Crippen LogP contribution is 2.60. The van der Waals surface area contributed by atoms with Gasteiger partial charge in [-0.3, -0.25) is 0 Å². The van der Waals surface area contributed by atoms with E-state index in [1.807, 2.05) is 24.3 Å². The van der Waals surface area contributed by atoms with E-state index in [-0.39, 0.29) is 12.1 Å². The second-order valence-corrected chi connectivity index (χ2v) is 17.2. The van der Waals surface area contributed by atoms with Gasteiger partial charge in [-0.2, -0.15) is 0 Å². The summed E-state index contributed by atoms with van der Waals surface area (Å²) in [6.45, 7) is 6.38. The molecule has 0 atom stereocenters. The third kappa shape index (κ3) is 4.80. The van der Waals surface area contributed by atoms with Gasteiger partial charge in [0.2, 0.25) is 0 Å². The smallest absolute Gasteiger partial charge is 0.262 e. The summed E-state index contributed by atoms with van der Waals surface area (Å²) in [6.07, 6.45) is 0. The van der Waals surface area contributed by atoms with Crippen molar-refractivity contribution in [3.05, 3.63) is 175 Å². The fourth-order valence-electron chi connectivity index (χ4n) is 9.96. The average molecular weight is 789 g/mol. The van der Waals surface area contributed by atoms with Crippen LogP contribution in [-0.2, 0) is 5.41 Å². The average Bonchev–Trinajstić information content (AvgIpc) is 3.30. The van der Waals surface area contributed by atoms with E-state index >= 15 is 0 Å². The molecule has 61 heavy (non-hydrogen) atoms. The summed E-state index contributed by atoms with van der Waals surface area (Å²) < 4.78 is 29.0. The molecule has 0 aliphatic carbocycles. The zero-order valence-electron chi connectivity index (χ0n) is 33.8. The van der Waals surface area contributed by atoms with Gasteiger partial charge < -0.3 is 28.7 Å². The molecule has 4 aliphatic heterocycles. The molecule has 0 amide bonds. The highest BCUT2D eigenvalue weighted by Gasteiger charge is 2.48. The maximum atomic E-state index is 7.36. The number of anilines is 6. The Morgan fingerprint density at radius 1 is 0.377 bits per heavy atom. The van der Waals surface area contributed by atoms with E-state index in [9.17, 15) is 0 Å². The topological polar surface area (TPSA) is 43.4 Å². The molecular formula is C54H37BN2O4. The van der Waals surface area contributed by atoms with Crippen molar-refractivity contribution in [2.24, 2.45) is 0 Å². The predicted molar refractivity (Wildman–Crippen MR) is 247 cm³/mol. The highest BCUT2D eigenvalue weighted by molar-refractivity contribution is 7.01. The number of benzene rings is 9. The minimum Gasteiger partial charge on any atom is -0.454 e. The molecule has 9 aromatic rings. The van der Waals surface area contributed by atoms with E-state index in [2.05, 4.69) is 176 Å². The lowest BCUT2D eigenvalue weighted by molar-refractivity contribution is 0.406. The number of nitrogens with zero attached hydrogens (tertiary/aromatic N) is 2. The zero-order chi connectivity index (χ0) is 40.6. The number of rotatable bonds is 2. The van der Waals surface area contributed by atoms with Crippen LogP contribution in [0.15, 0.2) is 170 Å². The second kappa shape index (κ2) is 12.4. The molecule has 0 spiro atoms. The maximum absolute atomic E-state index is 7.36. The van der Waals surface area contributed by atoms with Gasteiger partial charge in [0.15, 0.2) is 34.5 Å². The van der Waals surface area contributed by atoms with Crippen molar-refractivity contribution in [2.75, 3.05) is 9.80 Å². The fourth-order valence-corrected chi connectivity index (χ4v) is 9.96. The molecule has 7 heteroatoms. The molecule has 0 saturated carbocycles. The number of para-hydroxylation sites is 6. The lowest BCUT2D eigenvalue weighted by Gasteiger charge is -2.41. The molecule has 0 aromatic heterocycles. The Hall–Kier alpha value is -7.64. The first-order valence-corrected chi connectivity index (χ1v) is 20.9. The van der Waals surface area contributed by atoms with Gasteiger partial charge in [0, 0.05) is 27.6 Å².